The summed E-state index contributed by atoms with van der Waals surface area (Å²) in [5.74, 6) is 1.30. The lowest BCUT2D eigenvalue weighted by atomic mass is 9.93. The summed E-state index contributed by atoms with van der Waals surface area (Å²) >= 11 is 0. The molecule has 1 heterocycles. The van der Waals surface area contributed by atoms with Gasteiger partial charge in [0.1, 0.15) is 5.75 Å². The van der Waals surface area contributed by atoms with Crippen molar-refractivity contribution in [3.8, 4) is 5.75 Å². The Balaban J connectivity index is 1.94. The molecule has 0 bridgehead atoms. The number of ether oxygens (including phenoxy) is 2. The summed E-state index contributed by atoms with van der Waals surface area (Å²) in [6.07, 6.45) is 1.53. The first-order valence-corrected chi connectivity index (χ1v) is 7.63. The Bertz CT molecular complexity index is 461. The molecule has 1 fully saturated rings. The average Bonchev–Trinajstić information content (AvgIpc) is 2.92. The van der Waals surface area contributed by atoms with Gasteiger partial charge >= 0.3 is 0 Å². The zero-order valence-corrected chi connectivity index (χ0v) is 13.1. The summed E-state index contributed by atoms with van der Waals surface area (Å²) < 4.78 is 10.8. The first-order valence-electron chi connectivity index (χ1n) is 7.63. The van der Waals surface area contributed by atoms with Crippen molar-refractivity contribution >= 4 is 5.91 Å². The Kier molecular flexibility index (Phi) is 5.23. The van der Waals surface area contributed by atoms with Gasteiger partial charge in [0, 0.05) is 19.6 Å². The second-order valence-corrected chi connectivity index (χ2v) is 6.06. The summed E-state index contributed by atoms with van der Waals surface area (Å²) in [5.41, 5.74) is 0.684. The van der Waals surface area contributed by atoms with Crippen LogP contribution >= 0.6 is 0 Å². The minimum absolute atomic E-state index is 0.0874. The average molecular weight is 291 g/mol. The van der Waals surface area contributed by atoms with Gasteiger partial charge in [-0.15, -0.1) is 0 Å². The van der Waals surface area contributed by atoms with E-state index < -0.39 is 0 Å². The van der Waals surface area contributed by atoms with Crippen molar-refractivity contribution < 1.29 is 14.3 Å². The molecule has 0 aliphatic carbocycles. The van der Waals surface area contributed by atoms with Crippen LogP contribution in [0, 0.1) is 5.92 Å². The monoisotopic (exact) mass is 291 g/mol. The maximum absolute atomic E-state index is 12.2. The Hall–Kier alpha value is -1.55. The van der Waals surface area contributed by atoms with Crippen molar-refractivity contribution in [2.24, 2.45) is 5.92 Å². The Morgan fingerprint density at radius 3 is 2.67 bits per heavy atom. The van der Waals surface area contributed by atoms with Gasteiger partial charge < -0.3 is 14.8 Å². The SMILES string of the molecule is CCOc1ccc(C(C)(C)NC(=O)CC2CCOC2)cc1. The third kappa shape index (κ3) is 4.46. The van der Waals surface area contributed by atoms with Gasteiger partial charge in [-0.1, -0.05) is 12.1 Å². The first-order chi connectivity index (χ1) is 10.0. The van der Waals surface area contributed by atoms with E-state index in [1.54, 1.807) is 0 Å². The zero-order valence-electron chi connectivity index (χ0n) is 13.1. The second kappa shape index (κ2) is 6.94. The fourth-order valence-electron chi connectivity index (χ4n) is 2.61. The van der Waals surface area contributed by atoms with E-state index in [4.69, 9.17) is 9.47 Å². The molecular formula is C17H25NO3. The normalized spacial score (nSPS) is 18.5. The molecule has 1 amide bonds. The summed E-state index contributed by atoms with van der Waals surface area (Å²) in [7, 11) is 0. The third-order valence-electron chi connectivity index (χ3n) is 3.84. The Morgan fingerprint density at radius 1 is 1.38 bits per heavy atom. The summed E-state index contributed by atoms with van der Waals surface area (Å²) in [6, 6.07) is 7.89. The van der Waals surface area contributed by atoms with Crippen LogP contribution in [0.15, 0.2) is 24.3 Å². The van der Waals surface area contributed by atoms with Crippen LogP contribution in [0.1, 0.15) is 39.2 Å². The minimum atomic E-state index is -0.388. The molecule has 1 unspecified atom stereocenters. The van der Waals surface area contributed by atoms with Gasteiger partial charge in [-0.25, -0.2) is 0 Å². The van der Waals surface area contributed by atoms with E-state index in [0.29, 0.717) is 25.6 Å². The van der Waals surface area contributed by atoms with Crippen molar-refractivity contribution in [3.05, 3.63) is 29.8 Å². The molecule has 0 aromatic heterocycles. The number of nitrogens with one attached hydrogen (secondary N) is 1. The van der Waals surface area contributed by atoms with Crippen molar-refractivity contribution in [1.29, 1.82) is 0 Å². The lowest BCUT2D eigenvalue weighted by Gasteiger charge is -2.27. The molecule has 1 aromatic carbocycles. The molecule has 1 saturated heterocycles. The zero-order chi connectivity index (χ0) is 15.3. The van der Waals surface area contributed by atoms with Crippen molar-refractivity contribution in [2.45, 2.75) is 39.2 Å². The standard InChI is InChI=1S/C17H25NO3/c1-4-21-15-7-5-14(6-8-15)17(2,3)18-16(19)11-13-9-10-20-12-13/h5-8,13H,4,9-12H2,1-3H3,(H,18,19). The maximum atomic E-state index is 12.2. The highest BCUT2D eigenvalue weighted by molar-refractivity contribution is 5.77. The molecule has 0 spiro atoms. The number of rotatable bonds is 6. The van der Waals surface area contributed by atoms with Gasteiger partial charge in [0.15, 0.2) is 0 Å². The van der Waals surface area contributed by atoms with Crippen LogP contribution < -0.4 is 10.1 Å². The highest BCUT2D eigenvalue weighted by atomic mass is 16.5. The second-order valence-electron chi connectivity index (χ2n) is 6.06. The summed E-state index contributed by atoms with van der Waals surface area (Å²) in [4.78, 5) is 12.2. The predicted octanol–water partition coefficient (Wildman–Crippen LogP) is 2.86. The van der Waals surface area contributed by atoms with Crippen LogP contribution in [0.25, 0.3) is 0 Å². The van der Waals surface area contributed by atoms with E-state index in [2.05, 4.69) is 5.32 Å². The van der Waals surface area contributed by atoms with E-state index in [9.17, 15) is 4.79 Å². The van der Waals surface area contributed by atoms with Crippen LogP contribution in [0.4, 0.5) is 0 Å². The molecule has 0 radical (unpaired) electrons. The van der Waals surface area contributed by atoms with E-state index in [0.717, 1.165) is 24.3 Å². The molecular weight excluding hydrogens is 266 g/mol. The van der Waals surface area contributed by atoms with E-state index in [1.807, 2.05) is 45.0 Å². The number of benzene rings is 1. The molecule has 4 heteroatoms. The number of amides is 1. The van der Waals surface area contributed by atoms with E-state index in [-0.39, 0.29) is 11.4 Å². The molecule has 1 atom stereocenters. The molecule has 1 aliphatic rings. The Morgan fingerprint density at radius 2 is 2.10 bits per heavy atom. The quantitative estimate of drug-likeness (QED) is 0.876. The fourth-order valence-corrected chi connectivity index (χ4v) is 2.61. The van der Waals surface area contributed by atoms with Gasteiger partial charge in [0.25, 0.3) is 0 Å². The van der Waals surface area contributed by atoms with Crippen LogP contribution in [0.3, 0.4) is 0 Å². The summed E-state index contributed by atoms with van der Waals surface area (Å²) in [6.45, 7) is 8.14. The van der Waals surface area contributed by atoms with Crippen LogP contribution in [0.5, 0.6) is 5.75 Å². The molecule has 2 rings (SSSR count). The van der Waals surface area contributed by atoms with Crippen LogP contribution in [-0.2, 0) is 15.1 Å². The lowest BCUT2D eigenvalue weighted by Crippen LogP contribution is -2.41. The largest absolute Gasteiger partial charge is 0.494 e. The number of carbonyl (C=O) groups excluding carboxylic acids is 1. The number of carbonyl (C=O) groups is 1. The maximum Gasteiger partial charge on any atom is 0.221 e. The van der Waals surface area contributed by atoms with Gasteiger partial charge in [0.2, 0.25) is 5.91 Å². The highest BCUT2D eigenvalue weighted by Crippen LogP contribution is 2.24. The molecule has 116 valence electrons. The minimum Gasteiger partial charge on any atom is -0.494 e. The molecule has 1 aromatic rings. The summed E-state index contributed by atoms with van der Waals surface area (Å²) in [5, 5.41) is 3.12. The topological polar surface area (TPSA) is 47.6 Å². The smallest absolute Gasteiger partial charge is 0.221 e. The first kappa shape index (κ1) is 15.8. The molecule has 1 aliphatic heterocycles. The lowest BCUT2D eigenvalue weighted by molar-refractivity contribution is -0.123. The third-order valence-corrected chi connectivity index (χ3v) is 3.84. The highest BCUT2D eigenvalue weighted by Gasteiger charge is 2.25. The molecule has 1 N–H and O–H groups in total. The van der Waals surface area contributed by atoms with Gasteiger partial charge in [-0.3, -0.25) is 4.79 Å². The molecule has 4 nitrogen and oxygen atoms in total. The van der Waals surface area contributed by atoms with Crippen molar-refractivity contribution in [2.75, 3.05) is 19.8 Å². The van der Waals surface area contributed by atoms with Gasteiger partial charge in [-0.05, 0) is 50.8 Å². The number of hydrogen-bond acceptors (Lipinski definition) is 3. The van der Waals surface area contributed by atoms with Crippen LogP contribution in [0.2, 0.25) is 0 Å². The molecule has 0 saturated carbocycles. The van der Waals surface area contributed by atoms with Crippen molar-refractivity contribution in [3.63, 3.8) is 0 Å². The van der Waals surface area contributed by atoms with Crippen molar-refractivity contribution in [1.82, 2.24) is 5.32 Å². The van der Waals surface area contributed by atoms with Gasteiger partial charge in [0.05, 0.1) is 12.1 Å². The van der Waals surface area contributed by atoms with Gasteiger partial charge in [-0.2, -0.15) is 0 Å². The van der Waals surface area contributed by atoms with E-state index in [1.165, 1.54) is 0 Å². The fraction of sp³-hybridized carbons (Fsp3) is 0.588. The Labute approximate surface area is 126 Å². The predicted molar refractivity (Wildman–Crippen MR) is 82.3 cm³/mol. The number of hydrogen-bond donors (Lipinski definition) is 1. The van der Waals surface area contributed by atoms with E-state index >= 15 is 0 Å². The molecule has 21 heavy (non-hydrogen) atoms. The van der Waals surface area contributed by atoms with Crippen LogP contribution in [-0.4, -0.2) is 25.7 Å².